The maximum absolute atomic E-state index is 13.4. The second-order valence-corrected chi connectivity index (χ2v) is 6.63. The molecule has 0 aliphatic heterocycles. The van der Waals surface area contributed by atoms with Gasteiger partial charge in [-0.15, -0.1) is 0 Å². The summed E-state index contributed by atoms with van der Waals surface area (Å²) in [6.45, 7) is 0.228. The molecule has 6 heteroatoms. The number of nitrogens with zero attached hydrogens (tertiary/aromatic N) is 1. The Morgan fingerprint density at radius 2 is 1.96 bits per heavy atom. The summed E-state index contributed by atoms with van der Waals surface area (Å²) in [5.41, 5.74) is 0.722. The van der Waals surface area contributed by atoms with Gasteiger partial charge in [-0.05, 0) is 48.7 Å². The van der Waals surface area contributed by atoms with Crippen LogP contribution in [0.3, 0.4) is 0 Å². The Kier molecular flexibility index (Phi) is 4.62. The van der Waals surface area contributed by atoms with Crippen LogP contribution in [-0.2, 0) is 11.3 Å². The van der Waals surface area contributed by atoms with Crippen molar-refractivity contribution in [2.45, 2.75) is 25.4 Å². The van der Waals surface area contributed by atoms with Crippen molar-refractivity contribution in [3.05, 3.63) is 76.4 Å². The molecule has 1 aliphatic rings. The maximum atomic E-state index is 13.4. The molecular formula is C21H18FNO4. The number of rotatable bonds is 6. The van der Waals surface area contributed by atoms with Gasteiger partial charge in [0, 0.05) is 30.1 Å². The lowest BCUT2D eigenvalue weighted by Crippen LogP contribution is -2.36. The highest BCUT2D eigenvalue weighted by Gasteiger charge is 2.32. The predicted molar refractivity (Wildman–Crippen MR) is 98.0 cm³/mol. The van der Waals surface area contributed by atoms with Gasteiger partial charge in [-0.25, -0.2) is 9.18 Å². The molecule has 1 fully saturated rings. The normalized spacial score (nSPS) is 13.5. The SMILES string of the molecule is O=C(COc1ccc2ccc(=O)oc2c1)N(Cc1cccc(F)c1)C1CC1. The first-order valence-electron chi connectivity index (χ1n) is 8.79. The van der Waals surface area contributed by atoms with Gasteiger partial charge < -0.3 is 14.1 Å². The molecule has 0 bridgehead atoms. The first-order valence-corrected chi connectivity index (χ1v) is 8.79. The molecule has 1 saturated carbocycles. The molecule has 0 unspecified atom stereocenters. The van der Waals surface area contributed by atoms with Crippen LogP contribution in [0.25, 0.3) is 11.0 Å². The summed E-state index contributed by atoms with van der Waals surface area (Å²) < 4.78 is 24.1. The lowest BCUT2D eigenvalue weighted by Gasteiger charge is -2.22. The number of carbonyl (C=O) groups excluding carboxylic acids is 1. The molecule has 3 aromatic rings. The van der Waals surface area contributed by atoms with E-state index >= 15 is 0 Å². The van der Waals surface area contributed by atoms with Crippen molar-refractivity contribution >= 4 is 16.9 Å². The lowest BCUT2D eigenvalue weighted by atomic mass is 10.2. The van der Waals surface area contributed by atoms with Gasteiger partial charge in [-0.3, -0.25) is 4.79 Å². The summed E-state index contributed by atoms with van der Waals surface area (Å²) in [6, 6.07) is 14.6. The first kappa shape index (κ1) is 17.3. The van der Waals surface area contributed by atoms with Crippen molar-refractivity contribution in [3.8, 4) is 5.75 Å². The number of hydrogen-bond donors (Lipinski definition) is 0. The number of fused-ring (bicyclic) bond motifs is 1. The third-order valence-electron chi connectivity index (χ3n) is 4.51. The van der Waals surface area contributed by atoms with Gasteiger partial charge in [0.2, 0.25) is 0 Å². The molecule has 27 heavy (non-hydrogen) atoms. The number of ether oxygens (including phenoxy) is 1. The van der Waals surface area contributed by atoms with Gasteiger partial charge in [-0.1, -0.05) is 12.1 Å². The van der Waals surface area contributed by atoms with Crippen LogP contribution in [0.4, 0.5) is 4.39 Å². The molecule has 0 spiro atoms. The van der Waals surface area contributed by atoms with Crippen molar-refractivity contribution < 1.29 is 18.3 Å². The van der Waals surface area contributed by atoms with Crippen molar-refractivity contribution in [3.63, 3.8) is 0 Å². The minimum absolute atomic E-state index is 0.131. The second kappa shape index (κ2) is 7.23. The number of hydrogen-bond acceptors (Lipinski definition) is 4. The zero-order valence-electron chi connectivity index (χ0n) is 14.6. The van der Waals surface area contributed by atoms with Crippen molar-refractivity contribution in [2.24, 2.45) is 0 Å². The number of benzene rings is 2. The molecule has 1 aliphatic carbocycles. The maximum Gasteiger partial charge on any atom is 0.336 e. The Bertz CT molecular complexity index is 1040. The van der Waals surface area contributed by atoms with Crippen molar-refractivity contribution in [1.82, 2.24) is 4.90 Å². The summed E-state index contributed by atoms with van der Waals surface area (Å²) >= 11 is 0. The molecule has 4 rings (SSSR count). The summed E-state index contributed by atoms with van der Waals surface area (Å²) in [7, 11) is 0. The van der Waals surface area contributed by atoms with E-state index in [1.54, 1.807) is 41.3 Å². The van der Waals surface area contributed by atoms with E-state index in [9.17, 15) is 14.0 Å². The van der Waals surface area contributed by atoms with Gasteiger partial charge >= 0.3 is 5.63 Å². The number of halogens is 1. The summed E-state index contributed by atoms with van der Waals surface area (Å²) in [5, 5.41) is 0.777. The van der Waals surface area contributed by atoms with E-state index in [0.717, 1.165) is 23.8 Å². The number of amides is 1. The fourth-order valence-electron chi connectivity index (χ4n) is 3.00. The van der Waals surface area contributed by atoms with Crippen LogP contribution in [0.1, 0.15) is 18.4 Å². The topological polar surface area (TPSA) is 59.8 Å². The Labute approximate surface area is 155 Å². The minimum Gasteiger partial charge on any atom is -0.484 e. The Morgan fingerprint density at radius 3 is 2.74 bits per heavy atom. The summed E-state index contributed by atoms with van der Waals surface area (Å²) in [5.74, 6) is -0.0207. The highest BCUT2D eigenvalue weighted by atomic mass is 19.1. The molecule has 0 saturated heterocycles. The average Bonchev–Trinajstić information content (AvgIpc) is 3.49. The molecular weight excluding hydrogens is 349 g/mol. The van der Waals surface area contributed by atoms with Crippen molar-refractivity contribution in [1.29, 1.82) is 0 Å². The monoisotopic (exact) mass is 367 g/mol. The second-order valence-electron chi connectivity index (χ2n) is 6.63. The fourth-order valence-corrected chi connectivity index (χ4v) is 3.00. The van der Waals surface area contributed by atoms with E-state index in [1.807, 2.05) is 0 Å². The van der Waals surface area contributed by atoms with E-state index in [-0.39, 0.29) is 24.4 Å². The molecule has 1 heterocycles. The zero-order valence-corrected chi connectivity index (χ0v) is 14.6. The molecule has 0 N–H and O–H groups in total. The number of carbonyl (C=O) groups is 1. The van der Waals surface area contributed by atoms with Gasteiger partial charge in [0.05, 0.1) is 0 Å². The quantitative estimate of drug-likeness (QED) is 0.626. The first-order chi connectivity index (χ1) is 13.1. The van der Waals surface area contributed by atoms with Crippen LogP contribution in [0.15, 0.2) is 63.8 Å². The van der Waals surface area contributed by atoms with E-state index in [0.29, 0.717) is 17.9 Å². The van der Waals surface area contributed by atoms with E-state index in [4.69, 9.17) is 9.15 Å². The zero-order chi connectivity index (χ0) is 18.8. The molecule has 5 nitrogen and oxygen atoms in total. The van der Waals surface area contributed by atoms with Crippen LogP contribution in [0.2, 0.25) is 0 Å². The largest absolute Gasteiger partial charge is 0.484 e. The third kappa shape index (κ3) is 4.16. The summed E-state index contributed by atoms with van der Waals surface area (Å²) in [4.78, 5) is 25.7. The molecule has 0 radical (unpaired) electrons. The molecule has 138 valence electrons. The predicted octanol–water partition coefficient (Wildman–Crippen LogP) is 3.50. The molecule has 1 aromatic heterocycles. The molecule has 0 atom stereocenters. The summed E-state index contributed by atoms with van der Waals surface area (Å²) in [6.07, 6.45) is 1.89. The minimum atomic E-state index is -0.439. The van der Waals surface area contributed by atoms with Gasteiger partial charge in [0.1, 0.15) is 17.1 Å². The standard InChI is InChI=1S/C21H18FNO4/c22-16-3-1-2-14(10-16)12-23(17-6-7-17)20(24)13-26-18-8-4-15-5-9-21(25)27-19(15)11-18/h1-5,8-11,17H,6-7,12-13H2. The van der Waals surface area contributed by atoms with Crippen LogP contribution < -0.4 is 10.4 Å². The molecule has 2 aromatic carbocycles. The fraction of sp³-hybridized carbons (Fsp3) is 0.238. The Hall–Kier alpha value is -3.15. The lowest BCUT2D eigenvalue weighted by molar-refractivity contribution is -0.134. The highest BCUT2D eigenvalue weighted by Crippen LogP contribution is 2.29. The van der Waals surface area contributed by atoms with Gasteiger partial charge in [0.15, 0.2) is 6.61 Å². The third-order valence-corrected chi connectivity index (χ3v) is 4.51. The van der Waals surface area contributed by atoms with Crippen LogP contribution in [0, 0.1) is 5.82 Å². The van der Waals surface area contributed by atoms with E-state index in [1.165, 1.54) is 18.2 Å². The highest BCUT2D eigenvalue weighted by molar-refractivity contribution is 5.80. The average molecular weight is 367 g/mol. The van der Waals surface area contributed by atoms with Gasteiger partial charge in [-0.2, -0.15) is 0 Å². The Morgan fingerprint density at radius 1 is 1.15 bits per heavy atom. The van der Waals surface area contributed by atoms with Crippen LogP contribution >= 0.6 is 0 Å². The Balaban J connectivity index is 1.44. The smallest absolute Gasteiger partial charge is 0.336 e. The van der Waals surface area contributed by atoms with E-state index in [2.05, 4.69) is 0 Å². The van der Waals surface area contributed by atoms with Crippen LogP contribution in [-0.4, -0.2) is 23.5 Å². The van der Waals surface area contributed by atoms with Crippen LogP contribution in [0.5, 0.6) is 5.75 Å². The molecule has 1 amide bonds. The van der Waals surface area contributed by atoms with Crippen molar-refractivity contribution in [2.75, 3.05) is 6.61 Å². The van der Waals surface area contributed by atoms with E-state index < -0.39 is 5.63 Å². The van der Waals surface area contributed by atoms with Gasteiger partial charge in [0.25, 0.3) is 5.91 Å².